The van der Waals surface area contributed by atoms with Crippen LogP contribution in [-0.2, 0) is 14.4 Å². The zero-order valence-electron chi connectivity index (χ0n) is 8.37. The van der Waals surface area contributed by atoms with Crippen molar-refractivity contribution in [2.45, 2.75) is 25.4 Å². The number of carbonyl (C=O) groups is 3. The maximum Gasteiger partial charge on any atom is 0.334 e. The predicted octanol–water partition coefficient (Wildman–Crippen LogP) is -1.25. The van der Waals surface area contributed by atoms with E-state index in [4.69, 9.17) is 25.5 Å². The van der Waals surface area contributed by atoms with E-state index in [1.165, 1.54) is 0 Å². The Balaban J connectivity index is 0. The smallest absolute Gasteiger partial charge is 0.334 e. The monoisotopic (exact) mass is 238 g/mol. The predicted molar refractivity (Wildman–Crippen MR) is 49.9 cm³/mol. The first-order valence-corrected chi connectivity index (χ1v) is 4.26. The van der Waals surface area contributed by atoms with E-state index in [-0.39, 0.29) is 19.3 Å². The number of carboxylic acid groups (broad SMARTS) is 3. The van der Waals surface area contributed by atoms with E-state index in [2.05, 4.69) is 0 Å². The normalized spacial score (nSPS) is 10.9. The van der Waals surface area contributed by atoms with Crippen LogP contribution in [0.25, 0.3) is 0 Å². The molecule has 0 bridgehead atoms. The minimum atomic E-state index is -1.63. The van der Waals surface area contributed by atoms with Crippen LogP contribution in [0.15, 0.2) is 0 Å². The van der Waals surface area contributed by atoms with Gasteiger partial charge in [0.25, 0.3) is 0 Å². The van der Waals surface area contributed by atoms with Crippen molar-refractivity contribution >= 4 is 17.9 Å². The van der Waals surface area contributed by atoms with E-state index in [0.717, 1.165) is 0 Å². The summed E-state index contributed by atoms with van der Waals surface area (Å²) in [5.41, 5.74) is 0. The van der Waals surface area contributed by atoms with Crippen molar-refractivity contribution in [2.75, 3.05) is 6.61 Å². The number of carboxylic acids is 3. The Bertz CT molecular complexity index is 222. The molecule has 0 radical (unpaired) electrons. The molecule has 1 atom stereocenters. The number of aliphatic carboxylic acids is 3. The Morgan fingerprint density at radius 1 is 0.938 bits per heavy atom. The number of aliphatic hydroxyl groups excluding tert-OH is 2. The maximum atomic E-state index is 9.79. The largest absolute Gasteiger partial charge is 0.481 e. The van der Waals surface area contributed by atoms with E-state index in [0.29, 0.717) is 0 Å². The fraction of sp³-hybridized carbons (Fsp3) is 0.625. The summed E-state index contributed by atoms with van der Waals surface area (Å²) in [6, 6.07) is 0. The van der Waals surface area contributed by atoms with Crippen molar-refractivity contribution in [3.05, 3.63) is 0 Å². The van der Waals surface area contributed by atoms with E-state index in [1.807, 2.05) is 0 Å². The summed E-state index contributed by atoms with van der Waals surface area (Å²) >= 11 is 0. The van der Waals surface area contributed by atoms with Gasteiger partial charge < -0.3 is 25.5 Å². The van der Waals surface area contributed by atoms with Gasteiger partial charge in [0.05, 0.1) is 6.61 Å². The summed E-state index contributed by atoms with van der Waals surface area (Å²) in [4.78, 5) is 29.1. The van der Waals surface area contributed by atoms with Crippen LogP contribution >= 0.6 is 0 Å². The number of hydrogen-bond acceptors (Lipinski definition) is 5. The molecule has 5 N–H and O–H groups in total. The summed E-state index contributed by atoms with van der Waals surface area (Å²) < 4.78 is 0. The molecule has 0 rings (SSSR count). The first-order chi connectivity index (χ1) is 7.31. The van der Waals surface area contributed by atoms with Crippen LogP contribution in [0, 0.1) is 0 Å². The zero-order chi connectivity index (χ0) is 13.1. The minimum Gasteiger partial charge on any atom is -0.481 e. The molecule has 0 aliphatic rings. The molecule has 16 heavy (non-hydrogen) atoms. The molecule has 0 aromatic heterocycles. The van der Waals surface area contributed by atoms with Crippen LogP contribution < -0.4 is 0 Å². The highest BCUT2D eigenvalue weighted by molar-refractivity contribution is 5.71. The van der Waals surface area contributed by atoms with Gasteiger partial charge in [-0.2, -0.15) is 0 Å². The van der Waals surface area contributed by atoms with Gasteiger partial charge in [-0.1, -0.05) is 0 Å². The summed E-state index contributed by atoms with van der Waals surface area (Å²) in [7, 11) is 0. The number of hydrogen-bond donors (Lipinski definition) is 5. The van der Waals surface area contributed by atoms with Gasteiger partial charge in [0, 0.05) is 12.8 Å². The molecule has 0 aromatic carbocycles. The lowest BCUT2D eigenvalue weighted by Gasteiger charge is -1.95. The van der Waals surface area contributed by atoms with Gasteiger partial charge in [-0.3, -0.25) is 9.59 Å². The summed E-state index contributed by atoms with van der Waals surface area (Å²) in [5, 5.41) is 39.8. The van der Waals surface area contributed by atoms with E-state index >= 15 is 0 Å². The lowest BCUT2D eigenvalue weighted by atomic mass is 10.2. The molecule has 0 saturated carbocycles. The van der Waals surface area contributed by atoms with Crippen LogP contribution in [-0.4, -0.2) is 56.2 Å². The molecule has 0 fully saturated rings. The number of aliphatic hydroxyl groups is 2. The molecular formula is C8H14O8. The van der Waals surface area contributed by atoms with Crippen LogP contribution in [0.4, 0.5) is 0 Å². The molecule has 0 amide bonds. The van der Waals surface area contributed by atoms with E-state index in [9.17, 15) is 14.4 Å². The fourth-order valence-corrected chi connectivity index (χ4v) is 0.469. The molecular weight excluding hydrogens is 224 g/mol. The van der Waals surface area contributed by atoms with Crippen molar-refractivity contribution in [1.82, 2.24) is 0 Å². The first-order valence-electron chi connectivity index (χ1n) is 4.26. The third-order valence-corrected chi connectivity index (χ3v) is 1.24. The Labute approximate surface area is 90.8 Å². The molecule has 8 heteroatoms. The average Bonchev–Trinajstić information content (AvgIpc) is 2.16. The summed E-state index contributed by atoms with van der Waals surface area (Å²) in [5.74, 6) is -3.30. The molecule has 0 spiro atoms. The van der Waals surface area contributed by atoms with E-state index in [1.54, 1.807) is 0 Å². The van der Waals surface area contributed by atoms with Gasteiger partial charge in [0.15, 0.2) is 6.10 Å². The second-order valence-electron chi connectivity index (χ2n) is 2.68. The molecule has 94 valence electrons. The topological polar surface area (TPSA) is 152 Å². The third kappa shape index (κ3) is 14.8. The SMILES string of the molecule is O=C(O)C(O)CO.O=C(O)CCCC(=O)O. The fourth-order valence-electron chi connectivity index (χ4n) is 0.469. The third-order valence-electron chi connectivity index (χ3n) is 1.24. The minimum absolute atomic E-state index is 0.0632. The Morgan fingerprint density at radius 2 is 1.31 bits per heavy atom. The maximum absolute atomic E-state index is 9.79. The van der Waals surface area contributed by atoms with Crippen LogP contribution in [0.2, 0.25) is 0 Å². The van der Waals surface area contributed by atoms with Crippen molar-refractivity contribution < 1.29 is 39.9 Å². The van der Waals surface area contributed by atoms with E-state index < -0.39 is 30.6 Å². The number of rotatable bonds is 6. The highest BCUT2D eigenvalue weighted by Crippen LogP contribution is 1.93. The van der Waals surface area contributed by atoms with Crippen molar-refractivity contribution in [2.24, 2.45) is 0 Å². The Hall–Kier alpha value is -1.67. The van der Waals surface area contributed by atoms with Gasteiger partial charge in [0.1, 0.15) is 0 Å². The van der Waals surface area contributed by atoms with Crippen molar-refractivity contribution in [1.29, 1.82) is 0 Å². The zero-order valence-corrected chi connectivity index (χ0v) is 8.37. The standard InChI is InChI=1S/C5H8O4.C3H6O4/c6-4(7)2-1-3-5(8)9;4-1-2(5)3(6)7/h1-3H2,(H,6,7)(H,8,9);2,4-5H,1H2,(H,6,7). The Morgan fingerprint density at radius 3 is 1.44 bits per heavy atom. The highest BCUT2D eigenvalue weighted by Gasteiger charge is 2.08. The lowest BCUT2D eigenvalue weighted by molar-refractivity contribution is -0.148. The van der Waals surface area contributed by atoms with Crippen LogP contribution in [0.3, 0.4) is 0 Å². The van der Waals surface area contributed by atoms with Gasteiger partial charge in [-0.05, 0) is 6.42 Å². The van der Waals surface area contributed by atoms with Crippen LogP contribution in [0.5, 0.6) is 0 Å². The second-order valence-corrected chi connectivity index (χ2v) is 2.68. The lowest BCUT2D eigenvalue weighted by Crippen LogP contribution is -2.22. The van der Waals surface area contributed by atoms with Gasteiger partial charge in [-0.15, -0.1) is 0 Å². The molecule has 1 unspecified atom stereocenters. The first kappa shape index (κ1) is 16.7. The van der Waals surface area contributed by atoms with Gasteiger partial charge >= 0.3 is 17.9 Å². The molecule has 0 aliphatic heterocycles. The average molecular weight is 238 g/mol. The molecule has 0 heterocycles. The Kier molecular flexibility index (Phi) is 10.3. The van der Waals surface area contributed by atoms with Crippen molar-refractivity contribution in [3.63, 3.8) is 0 Å². The van der Waals surface area contributed by atoms with Gasteiger partial charge in [0.2, 0.25) is 0 Å². The summed E-state index contributed by atoms with van der Waals surface area (Å²) in [6.45, 7) is -0.727. The summed E-state index contributed by atoms with van der Waals surface area (Å²) in [6.07, 6.45) is -1.54. The molecule has 8 nitrogen and oxygen atoms in total. The molecule has 0 aliphatic carbocycles. The second kappa shape index (κ2) is 9.87. The molecule has 0 aromatic rings. The quantitative estimate of drug-likeness (QED) is 0.384. The van der Waals surface area contributed by atoms with Gasteiger partial charge in [-0.25, -0.2) is 4.79 Å². The van der Waals surface area contributed by atoms with Crippen LogP contribution in [0.1, 0.15) is 19.3 Å². The molecule has 0 saturated heterocycles. The highest BCUT2D eigenvalue weighted by atomic mass is 16.4. The van der Waals surface area contributed by atoms with Crippen molar-refractivity contribution in [3.8, 4) is 0 Å².